The summed E-state index contributed by atoms with van der Waals surface area (Å²) >= 11 is 0. The Morgan fingerprint density at radius 1 is 0.902 bits per heavy atom. The Morgan fingerprint density at radius 2 is 1.61 bits per heavy atom. The third-order valence-corrected chi connectivity index (χ3v) is 6.51. The molecular formula is C28H30N4O8S. The second-order valence-corrected chi connectivity index (χ2v) is 10.2. The maximum atomic E-state index is 12.2. The van der Waals surface area contributed by atoms with Crippen LogP contribution in [0.1, 0.15) is 24.5 Å². The lowest BCUT2D eigenvalue weighted by Crippen LogP contribution is -2.32. The second-order valence-electron chi connectivity index (χ2n) is 8.66. The van der Waals surface area contributed by atoms with Crippen LogP contribution in [0.15, 0.2) is 77.7 Å². The molecule has 0 heterocycles. The van der Waals surface area contributed by atoms with E-state index < -0.39 is 28.2 Å². The number of hydrogen-bond acceptors (Lipinski definition) is 9. The van der Waals surface area contributed by atoms with Crippen LogP contribution in [0.5, 0.6) is 5.75 Å². The van der Waals surface area contributed by atoms with E-state index in [4.69, 9.17) is 20.0 Å². The summed E-state index contributed by atoms with van der Waals surface area (Å²) in [4.78, 5) is 34.7. The molecule has 0 aliphatic carbocycles. The minimum atomic E-state index is -3.90. The highest BCUT2D eigenvalue weighted by Crippen LogP contribution is 2.28. The lowest BCUT2D eigenvalue weighted by atomic mass is 10.1. The Hall–Kier alpha value is -4.75. The molecule has 0 unspecified atom stereocenters. The number of hydrogen-bond donors (Lipinski definition) is 4. The van der Waals surface area contributed by atoms with Crippen LogP contribution in [0, 0.1) is 5.41 Å². The maximum absolute atomic E-state index is 12.2. The lowest BCUT2D eigenvalue weighted by molar-refractivity contribution is -0.141. The molecule has 0 aliphatic heterocycles. The molecule has 2 amide bonds. The molecule has 13 heteroatoms. The van der Waals surface area contributed by atoms with Gasteiger partial charge in [-0.2, -0.15) is 0 Å². The van der Waals surface area contributed by atoms with Crippen molar-refractivity contribution in [2.45, 2.75) is 24.7 Å². The standard InChI is InChI=1S/C28H30N4O8S/c1-19(33)38-16-17-39-28(35)32-26(29)22-8-4-6-20(18-22)7-5-15-31-27(34)40-23-13-11-21(12-14-23)24-9-2-3-10-25(24)41(30,36)37/h2-4,6,8-14,18H,5,7,15-17H2,1H3,(H,31,34)(H2,29,32,35)(H2,30,36,37). The summed E-state index contributed by atoms with van der Waals surface area (Å²) in [6.45, 7) is 1.37. The summed E-state index contributed by atoms with van der Waals surface area (Å²) in [5, 5.41) is 18.4. The molecule has 0 atom stereocenters. The molecule has 0 aromatic heterocycles. The van der Waals surface area contributed by atoms with Gasteiger partial charge in [-0.15, -0.1) is 0 Å². The molecule has 0 saturated carbocycles. The maximum Gasteiger partial charge on any atom is 0.412 e. The summed E-state index contributed by atoms with van der Waals surface area (Å²) in [5.74, 6) is -0.350. The average Bonchev–Trinajstić information content (AvgIpc) is 2.93. The van der Waals surface area contributed by atoms with Crippen molar-refractivity contribution < 1.29 is 37.0 Å². The number of primary sulfonamides is 1. The Bertz CT molecular complexity index is 1510. The van der Waals surface area contributed by atoms with Gasteiger partial charge in [-0.05, 0) is 48.2 Å². The molecule has 216 valence electrons. The molecule has 0 saturated heterocycles. The monoisotopic (exact) mass is 582 g/mol. The normalized spacial score (nSPS) is 10.8. The highest BCUT2D eigenvalue weighted by molar-refractivity contribution is 7.89. The Balaban J connectivity index is 1.43. The number of rotatable bonds is 11. The van der Waals surface area contributed by atoms with Gasteiger partial charge in [0.1, 0.15) is 24.8 Å². The molecule has 0 bridgehead atoms. The number of benzene rings is 3. The number of amides is 2. The van der Waals surface area contributed by atoms with E-state index in [1.807, 2.05) is 6.07 Å². The smallest absolute Gasteiger partial charge is 0.412 e. The predicted octanol–water partition coefficient (Wildman–Crippen LogP) is 3.34. The van der Waals surface area contributed by atoms with E-state index in [1.165, 1.54) is 13.0 Å². The van der Waals surface area contributed by atoms with Crippen molar-refractivity contribution in [3.8, 4) is 16.9 Å². The molecule has 5 N–H and O–H groups in total. The molecule has 12 nitrogen and oxygen atoms in total. The van der Waals surface area contributed by atoms with E-state index in [-0.39, 0.29) is 29.7 Å². The molecule has 3 rings (SSSR count). The largest absolute Gasteiger partial charge is 0.462 e. The quantitative estimate of drug-likeness (QED) is 0.115. The summed E-state index contributed by atoms with van der Waals surface area (Å²) in [6.07, 6.45) is -0.305. The first kappa shape index (κ1) is 30.8. The SMILES string of the molecule is CC(=O)OCCOC(=O)NC(=N)c1cccc(CCCNC(=O)Oc2ccc(-c3ccccc3S(N)(=O)=O)cc2)c1. The van der Waals surface area contributed by atoms with Gasteiger partial charge in [0.2, 0.25) is 10.0 Å². The number of alkyl carbamates (subject to hydrolysis) is 1. The number of nitrogens with one attached hydrogen (secondary N) is 3. The first-order chi connectivity index (χ1) is 19.5. The third kappa shape index (κ3) is 10.1. The van der Waals surface area contributed by atoms with Crippen molar-refractivity contribution in [1.82, 2.24) is 10.6 Å². The summed E-state index contributed by atoms with van der Waals surface area (Å²) in [5.41, 5.74) is 2.41. The summed E-state index contributed by atoms with van der Waals surface area (Å²) in [6, 6.07) is 19.8. The van der Waals surface area contributed by atoms with Crippen LogP contribution in [-0.2, 0) is 30.7 Å². The highest BCUT2D eigenvalue weighted by Gasteiger charge is 2.15. The van der Waals surface area contributed by atoms with E-state index in [1.54, 1.807) is 60.7 Å². The number of nitrogens with two attached hydrogens (primary N) is 1. The molecule has 0 fully saturated rings. The molecular weight excluding hydrogens is 552 g/mol. The van der Waals surface area contributed by atoms with Crippen LogP contribution < -0.4 is 20.5 Å². The minimum Gasteiger partial charge on any atom is -0.462 e. The zero-order chi connectivity index (χ0) is 29.8. The van der Waals surface area contributed by atoms with Gasteiger partial charge in [0.15, 0.2) is 0 Å². The van der Waals surface area contributed by atoms with Gasteiger partial charge in [-0.1, -0.05) is 48.5 Å². The fourth-order valence-electron chi connectivity index (χ4n) is 3.69. The van der Waals surface area contributed by atoms with Crippen LogP contribution in [-0.4, -0.2) is 52.2 Å². The van der Waals surface area contributed by atoms with Crippen LogP contribution in [0.4, 0.5) is 9.59 Å². The van der Waals surface area contributed by atoms with Gasteiger partial charge in [0, 0.05) is 24.6 Å². The van der Waals surface area contributed by atoms with Gasteiger partial charge >= 0.3 is 18.2 Å². The predicted molar refractivity (Wildman–Crippen MR) is 150 cm³/mol. The number of carbonyl (C=O) groups excluding carboxylic acids is 3. The Kier molecular flexibility index (Phi) is 11.0. The third-order valence-electron chi connectivity index (χ3n) is 5.55. The first-order valence-electron chi connectivity index (χ1n) is 12.5. The van der Waals surface area contributed by atoms with Crippen molar-refractivity contribution >= 4 is 34.0 Å². The fourth-order valence-corrected chi connectivity index (χ4v) is 4.45. The molecule has 3 aromatic carbocycles. The number of esters is 1. The zero-order valence-electron chi connectivity index (χ0n) is 22.2. The van der Waals surface area contributed by atoms with Gasteiger partial charge in [-0.25, -0.2) is 23.1 Å². The molecule has 3 aromatic rings. The fraction of sp³-hybridized carbons (Fsp3) is 0.214. The van der Waals surface area contributed by atoms with E-state index in [0.717, 1.165) is 5.56 Å². The van der Waals surface area contributed by atoms with Crippen molar-refractivity contribution in [3.05, 3.63) is 83.9 Å². The van der Waals surface area contributed by atoms with E-state index in [2.05, 4.69) is 15.4 Å². The Morgan fingerprint density at radius 3 is 2.32 bits per heavy atom. The van der Waals surface area contributed by atoms with Gasteiger partial charge in [-0.3, -0.25) is 15.5 Å². The second kappa shape index (κ2) is 14.6. The number of ether oxygens (including phenoxy) is 3. The molecule has 0 radical (unpaired) electrons. The highest BCUT2D eigenvalue weighted by atomic mass is 32.2. The topological polar surface area (TPSA) is 187 Å². The zero-order valence-corrected chi connectivity index (χ0v) is 23.0. The summed E-state index contributed by atoms with van der Waals surface area (Å²) in [7, 11) is -3.90. The van der Waals surface area contributed by atoms with Crippen LogP contribution >= 0.6 is 0 Å². The summed E-state index contributed by atoms with van der Waals surface area (Å²) < 4.78 is 38.5. The minimum absolute atomic E-state index is 0.000517. The van der Waals surface area contributed by atoms with Crippen molar-refractivity contribution in [1.29, 1.82) is 5.41 Å². The molecule has 0 spiro atoms. The number of aryl methyl sites for hydroxylation is 1. The van der Waals surface area contributed by atoms with E-state index >= 15 is 0 Å². The number of amidine groups is 1. The average molecular weight is 583 g/mol. The van der Waals surface area contributed by atoms with Crippen LogP contribution in [0.2, 0.25) is 0 Å². The van der Waals surface area contributed by atoms with E-state index in [9.17, 15) is 22.8 Å². The number of sulfonamides is 1. The van der Waals surface area contributed by atoms with Crippen molar-refractivity contribution in [2.75, 3.05) is 19.8 Å². The van der Waals surface area contributed by atoms with Gasteiger partial charge < -0.3 is 19.5 Å². The van der Waals surface area contributed by atoms with Gasteiger partial charge in [0.25, 0.3) is 0 Å². The van der Waals surface area contributed by atoms with Crippen molar-refractivity contribution in [3.63, 3.8) is 0 Å². The first-order valence-corrected chi connectivity index (χ1v) is 14.0. The van der Waals surface area contributed by atoms with Gasteiger partial charge in [0.05, 0.1) is 4.90 Å². The van der Waals surface area contributed by atoms with E-state index in [0.29, 0.717) is 36.1 Å². The van der Waals surface area contributed by atoms with Crippen LogP contribution in [0.3, 0.4) is 0 Å². The van der Waals surface area contributed by atoms with Crippen LogP contribution in [0.25, 0.3) is 11.1 Å². The Labute approximate surface area is 237 Å². The van der Waals surface area contributed by atoms with Crippen molar-refractivity contribution in [2.24, 2.45) is 5.14 Å². The molecule has 0 aliphatic rings. The lowest BCUT2D eigenvalue weighted by Gasteiger charge is -2.10. The molecule has 41 heavy (non-hydrogen) atoms. The number of carbonyl (C=O) groups is 3.